The Morgan fingerprint density at radius 3 is 2.26 bits per heavy atom. The van der Waals surface area contributed by atoms with Crippen LogP contribution >= 0.6 is 11.3 Å². The Morgan fingerprint density at radius 1 is 0.968 bits per heavy atom. The maximum absolute atomic E-state index is 12.5. The van der Waals surface area contributed by atoms with E-state index in [4.69, 9.17) is 0 Å². The average Bonchev–Trinajstić information content (AvgIpc) is 3.21. The first-order valence-electron chi connectivity index (χ1n) is 9.42. The van der Waals surface area contributed by atoms with Gasteiger partial charge in [-0.3, -0.25) is 25.0 Å². The van der Waals surface area contributed by atoms with E-state index in [0.29, 0.717) is 31.7 Å². The molecule has 10 nitrogen and oxygen atoms in total. The summed E-state index contributed by atoms with van der Waals surface area (Å²) in [6, 6.07) is 10.6. The van der Waals surface area contributed by atoms with Crippen molar-refractivity contribution in [2.45, 2.75) is 0 Å². The lowest BCUT2D eigenvalue weighted by Crippen LogP contribution is -2.48. The number of nitro groups is 2. The van der Waals surface area contributed by atoms with Crippen molar-refractivity contribution < 1.29 is 14.6 Å². The summed E-state index contributed by atoms with van der Waals surface area (Å²) in [5.41, 5.74) is 1.47. The highest BCUT2D eigenvalue weighted by Gasteiger charge is 2.22. The lowest BCUT2D eigenvalue weighted by molar-refractivity contribution is -0.385. The summed E-state index contributed by atoms with van der Waals surface area (Å²) < 4.78 is 0.758. The van der Waals surface area contributed by atoms with Gasteiger partial charge in [0.15, 0.2) is 5.13 Å². The maximum Gasteiger partial charge on any atom is 0.270 e. The van der Waals surface area contributed by atoms with E-state index in [9.17, 15) is 25.0 Å². The number of hydrogen-bond donors (Lipinski definition) is 0. The smallest absolute Gasteiger partial charge is 0.270 e. The van der Waals surface area contributed by atoms with Gasteiger partial charge in [0.05, 0.1) is 20.1 Å². The van der Waals surface area contributed by atoms with Crippen LogP contribution in [0.4, 0.5) is 16.5 Å². The number of nitrogens with zero attached hydrogens (tertiary/aromatic N) is 5. The second kappa shape index (κ2) is 8.48. The standard InChI is InChI=1S/C20H17N5O5S/c26-19(8-3-14-1-4-15(5-2-14)24(27)28)22-9-11-23(12-10-22)20-21-17-7-6-16(25(29)30)13-18(17)31-20/h1-8,13H,9-12H2/b8-3-. The molecule has 2 heterocycles. The molecule has 4 rings (SSSR count). The number of fused-ring (bicyclic) bond motifs is 1. The van der Waals surface area contributed by atoms with Crippen LogP contribution in [0, 0.1) is 20.2 Å². The number of rotatable bonds is 5. The number of amides is 1. The van der Waals surface area contributed by atoms with Gasteiger partial charge in [-0.05, 0) is 29.8 Å². The van der Waals surface area contributed by atoms with Crippen LogP contribution in [0.2, 0.25) is 0 Å². The Bertz CT molecular complexity index is 1180. The molecule has 1 aromatic heterocycles. The molecule has 0 unspecified atom stereocenters. The number of thiazole rings is 1. The number of nitro benzene ring substituents is 2. The third-order valence-electron chi connectivity index (χ3n) is 4.96. The van der Waals surface area contributed by atoms with E-state index >= 15 is 0 Å². The van der Waals surface area contributed by atoms with Crippen molar-refractivity contribution in [3.63, 3.8) is 0 Å². The van der Waals surface area contributed by atoms with Gasteiger partial charge in [0.1, 0.15) is 0 Å². The number of anilines is 1. The molecule has 1 fully saturated rings. The molecule has 1 amide bonds. The van der Waals surface area contributed by atoms with Crippen LogP contribution in [0.15, 0.2) is 48.5 Å². The fourth-order valence-corrected chi connectivity index (χ4v) is 4.30. The second-order valence-corrected chi connectivity index (χ2v) is 7.91. The van der Waals surface area contributed by atoms with Gasteiger partial charge in [-0.25, -0.2) is 4.98 Å². The SMILES string of the molecule is O=C(/C=C\c1ccc([N+](=O)[O-])cc1)N1CCN(c2nc3ccc([N+](=O)[O-])cc3s2)CC1. The van der Waals surface area contributed by atoms with Crippen LogP contribution in [-0.4, -0.2) is 51.8 Å². The Hall–Kier alpha value is -3.86. The number of benzene rings is 2. The minimum atomic E-state index is -0.467. The van der Waals surface area contributed by atoms with E-state index in [2.05, 4.69) is 9.88 Å². The molecule has 0 spiro atoms. The zero-order chi connectivity index (χ0) is 22.0. The largest absolute Gasteiger partial charge is 0.345 e. The van der Waals surface area contributed by atoms with Crippen molar-refractivity contribution in [3.8, 4) is 0 Å². The third-order valence-corrected chi connectivity index (χ3v) is 6.03. The highest BCUT2D eigenvalue weighted by atomic mass is 32.1. The van der Waals surface area contributed by atoms with E-state index in [1.54, 1.807) is 29.2 Å². The summed E-state index contributed by atoms with van der Waals surface area (Å²) in [5, 5.41) is 22.4. The van der Waals surface area contributed by atoms with Crippen LogP contribution in [0.25, 0.3) is 16.3 Å². The summed E-state index contributed by atoms with van der Waals surface area (Å²) >= 11 is 1.40. The van der Waals surface area contributed by atoms with Crippen LogP contribution in [0.3, 0.4) is 0 Å². The molecule has 11 heteroatoms. The fourth-order valence-electron chi connectivity index (χ4n) is 3.25. The second-order valence-electron chi connectivity index (χ2n) is 6.90. The molecule has 2 aromatic carbocycles. The van der Waals surface area contributed by atoms with Gasteiger partial charge < -0.3 is 9.80 Å². The molecule has 158 valence electrons. The first kappa shape index (κ1) is 20.4. The number of hydrogen-bond acceptors (Lipinski definition) is 8. The van der Waals surface area contributed by atoms with Crippen molar-refractivity contribution in [2.75, 3.05) is 31.1 Å². The normalized spacial score (nSPS) is 14.3. The fraction of sp³-hybridized carbons (Fsp3) is 0.200. The lowest BCUT2D eigenvalue weighted by atomic mass is 10.2. The minimum Gasteiger partial charge on any atom is -0.345 e. The molecule has 0 aliphatic carbocycles. The van der Waals surface area contributed by atoms with E-state index in [-0.39, 0.29) is 17.3 Å². The van der Waals surface area contributed by atoms with Gasteiger partial charge >= 0.3 is 0 Å². The van der Waals surface area contributed by atoms with Gasteiger partial charge in [0.25, 0.3) is 11.4 Å². The molecule has 0 N–H and O–H groups in total. The summed E-state index contributed by atoms with van der Waals surface area (Å²) in [6.07, 6.45) is 3.10. The number of aromatic nitrogens is 1. The molecular formula is C20H17N5O5S. The van der Waals surface area contributed by atoms with E-state index < -0.39 is 9.85 Å². The molecule has 0 atom stereocenters. The number of piperazine rings is 1. The molecular weight excluding hydrogens is 422 g/mol. The molecule has 0 saturated carbocycles. The molecule has 1 saturated heterocycles. The predicted molar refractivity (Wildman–Crippen MR) is 117 cm³/mol. The van der Waals surface area contributed by atoms with Gasteiger partial charge in [-0.2, -0.15) is 0 Å². The number of non-ortho nitro benzene ring substituents is 2. The lowest BCUT2D eigenvalue weighted by Gasteiger charge is -2.34. The van der Waals surface area contributed by atoms with Crippen molar-refractivity contribution in [1.82, 2.24) is 9.88 Å². The van der Waals surface area contributed by atoms with Crippen molar-refractivity contribution in [2.24, 2.45) is 0 Å². The van der Waals surface area contributed by atoms with E-state index in [0.717, 1.165) is 15.3 Å². The average molecular weight is 439 g/mol. The highest BCUT2D eigenvalue weighted by Crippen LogP contribution is 2.31. The predicted octanol–water partition coefficient (Wildman–Crippen LogP) is 3.47. The summed E-state index contributed by atoms with van der Waals surface area (Å²) in [6.45, 7) is 2.27. The first-order valence-corrected chi connectivity index (χ1v) is 10.2. The minimum absolute atomic E-state index is 0.00375. The van der Waals surface area contributed by atoms with Crippen LogP contribution in [0.1, 0.15) is 5.56 Å². The van der Waals surface area contributed by atoms with Crippen molar-refractivity contribution >= 4 is 50.0 Å². The quantitative estimate of drug-likeness (QED) is 0.339. The van der Waals surface area contributed by atoms with Crippen LogP contribution < -0.4 is 4.90 Å². The topological polar surface area (TPSA) is 123 Å². The van der Waals surface area contributed by atoms with Gasteiger partial charge in [0, 0.05) is 56.5 Å². The Morgan fingerprint density at radius 2 is 1.61 bits per heavy atom. The molecule has 3 aromatic rings. The molecule has 31 heavy (non-hydrogen) atoms. The van der Waals surface area contributed by atoms with Crippen molar-refractivity contribution in [3.05, 3.63) is 74.3 Å². The Balaban J connectivity index is 1.36. The molecule has 0 radical (unpaired) electrons. The van der Waals surface area contributed by atoms with E-state index in [1.165, 1.54) is 41.7 Å². The van der Waals surface area contributed by atoms with Crippen LogP contribution in [-0.2, 0) is 4.79 Å². The summed E-state index contributed by atoms with van der Waals surface area (Å²) in [4.78, 5) is 41.6. The van der Waals surface area contributed by atoms with Gasteiger partial charge in [0.2, 0.25) is 5.91 Å². The number of carbonyl (C=O) groups is 1. The molecule has 1 aliphatic rings. The van der Waals surface area contributed by atoms with Gasteiger partial charge in [-0.15, -0.1) is 0 Å². The van der Waals surface area contributed by atoms with Crippen molar-refractivity contribution in [1.29, 1.82) is 0 Å². The first-order chi connectivity index (χ1) is 14.9. The van der Waals surface area contributed by atoms with Crippen LogP contribution in [0.5, 0.6) is 0 Å². The van der Waals surface area contributed by atoms with Gasteiger partial charge in [-0.1, -0.05) is 11.3 Å². The summed E-state index contributed by atoms with van der Waals surface area (Å²) in [5.74, 6) is -0.127. The monoisotopic (exact) mass is 439 g/mol. The third kappa shape index (κ3) is 4.51. The highest BCUT2D eigenvalue weighted by molar-refractivity contribution is 7.22. The Kier molecular flexibility index (Phi) is 5.58. The Labute approximate surface area is 180 Å². The number of carbonyl (C=O) groups excluding carboxylic acids is 1. The zero-order valence-corrected chi connectivity index (χ0v) is 17.0. The molecule has 0 bridgehead atoms. The molecule has 1 aliphatic heterocycles. The summed E-state index contributed by atoms with van der Waals surface area (Å²) in [7, 11) is 0. The zero-order valence-electron chi connectivity index (χ0n) is 16.2. The van der Waals surface area contributed by atoms with E-state index in [1.807, 2.05) is 0 Å². The maximum atomic E-state index is 12.5.